The summed E-state index contributed by atoms with van der Waals surface area (Å²) in [4.78, 5) is 29.0. The predicted octanol–water partition coefficient (Wildman–Crippen LogP) is 5.43. The van der Waals surface area contributed by atoms with Gasteiger partial charge in [-0.1, -0.05) is 61.2 Å². The van der Waals surface area contributed by atoms with Gasteiger partial charge < -0.3 is 19.4 Å². The lowest BCUT2D eigenvalue weighted by atomic mass is 9.94. The SMILES string of the molecule is COc1ccc(CN(C(=O)c2ccco2)C(C(=O)NC2CCCCC2)c2ccc(C)cc2)cc1. The first kappa shape index (κ1) is 23.6. The zero-order valence-corrected chi connectivity index (χ0v) is 19.8. The normalized spacial score (nSPS) is 14.9. The Labute approximate surface area is 200 Å². The van der Waals surface area contributed by atoms with Gasteiger partial charge in [-0.05, 0) is 55.2 Å². The summed E-state index contributed by atoms with van der Waals surface area (Å²) in [5, 5.41) is 3.23. The number of aryl methyl sites for hydroxylation is 1. The summed E-state index contributed by atoms with van der Waals surface area (Å²) in [7, 11) is 1.62. The lowest BCUT2D eigenvalue weighted by Gasteiger charge is -2.33. The van der Waals surface area contributed by atoms with Gasteiger partial charge in [0.15, 0.2) is 5.76 Å². The van der Waals surface area contributed by atoms with Gasteiger partial charge in [0.2, 0.25) is 5.91 Å². The van der Waals surface area contributed by atoms with E-state index in [0.29, 0.717) is 0 Å². The van der Waals surface area contributed by atoms with Gasteiger partial charge in [-0.15, -0.1) is 0 Å². The van der Waals surface area contributed by atoms with E-state index in [0.717, 1.165) is 48.1 Å². The number of benzene rings is 2. The molecule has 0 radical (unpaired) electrons. The summed E-state index contributed by atoms with van der Waals surface area (Å²) in [6.07, 6.45) is 6.84. The standard InChI is InChI=1S/C28H32N2O4/c1-20-10-14-22(15-11-20)26(27(31)29-23-7-4-3-5-8-23)30(28(32)25-9-6-18-34-25)19-21-12-16-24(33-2)17-13-21/h6,9-18,23,26H,3-5,7-8,19H2,1-2H3,(H,29,31). The van der Waals surface area contributed by atoms with Crippen molar-refractivity contribution in [2.45, 2.75) is 57.7 Å². The smallest absolute Gasteiger partial charge is 0.290 e. The molecule has 2 aromatic carbocycles. The van der Waals surface area contributed by atoms with Crippen LogP contribution in [0.4, 0.5) is 0 Å². The van der Waals surface area contributed by atoms with Crippen molar-refractivity contribution in [2.24, 2.45) is 0 Å². The third-order valence-corrected chi connectivity index (χ3v) is 6.41. The number of nitrogens with one attached hydrogen (secondary N) is 1. The van der Waals surface area contributed by atoms with E-state index in [1.807, 2.05) is 55.5 Å². The molecule has 6 nitrogen and oxygen atoms in total. The van der Waals surface area contributed by atoms with Gasteiger partial charge in [0.1, 0.15) is 11.8 Å². The summed E-state index contributed by atoms with van der Waals surface area (Å²) < 4.78 is 10.7. The van der Waals surface area contributed by atoms with Crippen molar-refractivity contribution in [2.75, 3.05) is 7.11 Å². The summed E-state index contributed by atoms with van der Waals surface area (Å²) in [5.41, 5.74) is 2.75. The highest BCUT2D eigenvalue weighted by Crippen LogP contribution is 2.28. The van der Waals surface area contributed by atoms with Crippen LogP contribution < -0.4 is 10.1 Å². The van der Waals surface area contributed by atoms with Gasteiger partial charge >= 0.3 is 0 Å². The zero-order valence-electron chi connectivity index (χ0n) is 19.8. The highest BCUT2D eigenvalue weighted by molar-refractivity contribution is 5.96. The first-order valence-electron chi connectivity index (χ1n) is 11.9. The highest BCUT2D eigenvalue weighted by atomic mass is 16.5. The third kappa shape index (κ3) is 5.68. The second kappa shape index (κ2) is 11.1. The largest absolute Gasteiger partial charge is 0.497 e. The summed E-state index contributed by atoms with van der Waals surface area (Å²) in [6, 6.07) is 18.0. The average molecular weight is 461 g/mol. The van der Waals surface area contributed by atoms with Crippen LogP contribution in [-0.4, -0.2) is 29.9 Å². The second-order valence-corrected chi connectivity index (χ2v) is 8.92. The Morgan fingerprint density at radius 1 is 1.03 bits per heavy atom. The zero-order chi connectivity index (χ0) is 23.9. The molecule has 0 aliphatic heterocycles. The molecule has 34 heavy (non-hydrogen) atoms. The van der Waals surface area contributed by atoms with E-state index in [1.54, 1.807) is 24.1 Å². The molecule has 1 aliphatic rings. The Kier molecular flexibility index (Phi) is 7.68. The van der Waals surface area contributed by atoms with Gasteiger partial charge in [-0.2, -0.15) is 0 Å². The van der Waals surface area contributed by atoms with Gasteiger partial charge in [0.25, 0.3) is 5.91 Å². The first-order chi connectivity index (χ1) is 16.5. The van der Waals surface area contributed by atoms with Crippen molar-refractivity contribution in [3.63, 3.8) is 0 Å². The molecule has 1 heterocycles. The van der Waals surface area contributed by atoms with E-state index < -0.39 is 6.04 Å². The number of hydrogen-bond donors (Lipinski definition) is 1. The maximum Gasteiger partial charge on any atom is 0.290 e. The Morgan fingerprint density at radius 2 is 1.74 bits per heavy atom. The molecule has 4 rings (SSSR count). The van der Waals surface area contributed by atoms with Crippen LogP contribution in [0.3, 0.4) is 0 Å². The van der Waals surface area contributed by atoms with E-state index in [1.165, 1.54) is 12.7 Å². The number of carbonyl (C=O) groups excluding carboxylic acids is 2. The lowest BCUT2D eigenvalue weighted by Crippen LogP contribution is -2.46. The van der Waals surface area contributed by atoms with Crippen molar-refractivity contribution in [1.29, 1.82) is 0 Å². The number of ether oxygens (including phenoxy) is 1. The Balaban J connectivity index is 1.71. The van der Waals surface area contributed by atoms with Crippen molar-refractivity contribution < 1.29 is 18.7 Å². The Hall–Kier alpha value is -3.54. The third-order valence-electron chi connectivity index (χ3n) is 6.41. The van der Waals surface area contributed by atoms with Gasteiger partial charge in [0, 0.05) is 12.6 Å². The molecule has 0 spiro atoms. The van der Waals surface area contributed by atoms with Gasteiger partial charge in [-0.3, -0.25) is 9.59 Å². The number of rotatable bonds is 8. The van der Waals surface area contributed by atoms with E-state index in [2.05, 4.69) is 5.32 Å². The minimum Gasteiger partial charge on any atom is -0.497 e. The topological polar surface area (TPSA) is 71.8 Å². The molecule has 178 valence electrons. The fourth-order valence-electron chi connectivity index (χ4n) is 4.50. The number of furan rings is 1. The van der Waals surface area contributed by atoms with E-state index in [-0.39, 0.29) is 30.2 Å². The fraction of sp³-hybridized carbons (Fsp3) is 0.357. The van der Waals surface area contributed by atoms with Crippen molar-refractivity contribution in [3.05, 3.63) is 89.4 Å². The second-order valence-electron chi connectivity index (χ2n) is 8.92. The molecule has 1 fully saturated rings. The van der Waals surface area contributed by atoms with E-state index in [9.17, 15) is 9.59 Å². The Bertz CT molecular complexity index is 1070. The number of carbonyl (C=O) groups is 2. The number of methoxy groups -OCH3 is 1. The number of hydrogen-bond acceptors (Lipinski definition) is 4. The average Bonchev–Trinajstić information content (AvgIpc) is 3.40. The summed E-state index contributed by atoms with van der Waals surface area (Å²) in [6.45, 7) is 2.25. The van der Waals surface area contributed by atoms with Crippen LogP contribution in [0.5, 0.6) is 5.75 Å². The van der Waals surface area contributed by atoms with Crippen LogP contribution in [0, 0.1) is 6.92 Å². The maximum atomic E-state index is 13.7. The van der Waals surface area contributed by atoms with Crippen molar-refractivity contribution in [3.8, 4) is 5.75 Å². The minimum atomic E-state index is -0.790. The molecule has 1 aromatic heterocycles. The molecule has 1 saturated carbocycles. The molecule has 0 bridgehead atoms. The molecular weight excluding hydrogens is 428 g/mol. The van der Waals surface area contributed by atoms with Crippen molar-refractivity contribution >= 4 is 11.8 Å². The van der Waals surface area contributed by atoms with Crippen LogP contribution in [0.25, 0.3) is 0 Å². The van der Waals surface area contributed by atoms with E-state index in [4.69, 9.17) is 9.15 Å². The van der Waals surface area contributed by atoms with Crippen LogP contribution >= 0.6 is 0 Å². The molecule has 1 unspecified atom stereocenters. The van der Waals surface area contributed by atoms with Crippen molar-refractivity contribution in [1.82, 2.24) is 10.2 Å². The Morgan fingerprint density at radius 3 is 2.35 bits per heavy atom. The van der Waals surface area contributed by atoms with E-state index >= 15 is 0 Å². The molecule has 1 N–H and O–H groups in total. The minimum absolute atomic E-state index is 0.135. The van der Waals surface area contributed by atoms with Crippen LogP contribution in [0.15, 0.2) is 71.3 Å². The van der Waals surface area contributed by atoms with Gasteiger partial charge in [-0.25, -0.2) is 0 Å². The summed E-state index contributed by atoms with van der Waals surface area (Å²) in [5.74, 6) is 0.447. The molecule has 3 aromatic rings. The number of amides is 2. The fourth-order valence-corrected chi connectivity index (χ4v) is 4.50. The molecule has 2 amide bonds. The number of nitrogens with zero attached hydrogens (tertiary/aromatic N) is 1. The van der Waals surface area contributed by atoms with Crippen LogP contribution in [-0.2, 0) is 11.3 Å². The maximum absolute atomic E-state index is 13.7. The van der Waals surface area contributed by atoms with Gasteiger partial charge in [0.05, 0.1) is 13.4 Å². The van der Waals surface area contributed by atoms with Crippen LogP contribution in [0.2, 0.25) is 0 Å². The van der Waals surface area contributed by atoms with Crippen LogP contribution in [0.1, 0.15) is 65.4 Å². The summed E-state index contributed by atoms with van der Waals surface area (Å²) >= 11 is 0. The first-order valence-corrected chi connectivity index (χ1v) is 11.9. The predicted molar refractivity (Wildman–Crippen MR) is 131 cm³/mol. The quantitative estimate of drug-likeness (QED) is 0.487. The lowest BCUT2D eigenvalue weighted by molar-refractivity contribution is -0.127. The molecule has 6 heteroatoms. The highest BCUT2D eigenvalue weighted by Gasteiger charge is 2.34. The monoisotopic (exact) mass is 460 g/mol. The molecule has 1 aliphatic carbocycles. The molecule has 1 atom stereocenters. The molecule has 0 saturated heterocycles. The molecular formula is C28H32N2O4.